The van der Waals surface area contributed by atoms with Crippen molar-refractivity contribution in [3.63, 3.8) is 0 Å². The number of hydrogen-bond acceptors (Lipinski definition) is 3. The molecule has 2 N–H and O–H groups in total. The van der Waals surface area contributed by atoms with Crippen LogP contribution in [-0.4, -0.2) is 48.6 Å². The van der Waals surface area contributed by atoms with Crippen LogP contribution in [0.5, 0.6) is 0 Å². The van der Waals surface area contributed by atoms with Gasteiger partial charge in [-0.15, -0.1) is 0 Å². The highest BCUT2D eigenvalue weighted by Gasteiger charge is 2.35. The number of allylic oxidation sites excluding steroid dienone is 2. The summed E-state index contributed by atoms with van der Waals surface area (Å²) in [5, 5.41) is 6.24. The molecule has 1 aromatic carbocycles. The standard InChI is InChI=1S/C20H24Cl2FN3O2/c1-13(14-2-3-14)25-18(27)11-26-6-4-20(23,5-7-26)12-24-19(28)15-8-16(21)10-17(22)9-15/h8-10H,2-7,11-12H2,1H3,(H,24,28)(H,25,27). The fourth-order valence-corrected chi connectivity index (χ4v) is 3.82. The number of piperidine rings is 1. The lowest BCUT2D eigenvalue weighted by Gasteiger charge is -2.36. The lowest BCUT2D eigenvalue weighted by Crippen LogP contribution is -2.50. The first-order valence-electron chi connectivity index (χ1n) is 9.38. The van der Waals surface area contributed by atoms with Crippen LogP contribution in [0, 0.1) is 0 Å². The zero-order chi connectivity index (χ0) is 20.3. The van der Waals surface area contributed by atoms with Crippen molar-refractivity contribution in [2.24, 2.45) is 0 Å². The molecular formula is C20H24Cl2FN3O2. The Kier molecular flexibility index (Phi) is 6.63. The molecule has 3 rings (SSSR count). The smallest absolute Gasteiger partial charge is 0.251 e. The number of nitrogens with zero attached hydrogens (tertiary/aromatic N) is 1. The molecule has 5 nitrogen and oxygen atoms in total. The van der Waals surface area contributed by atoms with E-state index in [1.54, 1.807) is 0 Å². The van der Waals surface area contributed by atoms with E-state index in [1.165, 1.54) is 23.8 Å². The molecule has 2 amide bonds. The maximum absolute atomic E-state index is 15.0. The molecule has 0 radical (unpaired) electrons. The quantitative estimate of drug-likeness (QED) is 0.727. The average molecular weight is 428 g/mol. The van der Waals surface area contributed by atoms with Gasteiger partial charge in [-0.25, -0.2) is 4.39 Å². The maximum Gasteiger partial charge on any atom is 0.251 e. The summed E-state index contributed by atoms with van der Waals surface area (Å²) in [4.78, 5) is 26.3. The van der Waals surface area contributed by atoms with Crippen LogP contribution < -0.4 is 10.6 Å². The minimum atomic E-state index is -1.49. The predicted octanol–water partition coefficient (Wildman–Crippen LogP) is 3.71. The van der Waals surface area contributed by atoms with E-state index in [1.807, 2.05) is 11.8 Å². The molecule has 2 fully saturated rings. The van der Waals surface area contributed by atoms with Crippen LogP contribution in [0.2, 0.25) is 10.0 Å². The zero-order valence-electron chi connectivity index (χ0n) is 15.8. The van der Waals surface area contributed by atoms with Gasteiger partial charge in [0.2, 0.25) is 5.91 Å². The van der Waals surface area contributed by atoms with Gasteiger partial charge in [0, 0.05) is 34.4 Å². The lowest BCUT2D eigenvalue weighted by molar-refractivity contribution is -0.122. The summed E-state index contributed by atoms with van der Waals surface area (Å²) in [5.74, 6) is -0.471. The fourth-order valence-electron chi connectivity index (χ4n) is 3.29. The fraction of sp³-hybridized carbons (Fsp3) is 0.500. The van der Waals surface area contributed by atoms with Crippen molar-refractivity contribution in [3.05, 3.63) is 45.1 Å². The van der Waals surface area contributed by atoms with Gasteiger partial charge in [0.05, 0.1) is 13.1 Å². The number of carbonyl (C=O) groups is 2. The molecule has 0 atom stereocenters. The van der Waals surface area contributed by atoms with Crippen molar-refractivity contribution in [1.29, 1.82) is 0 Å². The maximum atomic E-state index is 15.0. The number of benzene rings is 1. The van der Waals surface area contributed by atoms with Crippen molar-refractivity contribution < 1.29 is 14.0 Å². The molecular weight excluding hydrogens is 404 g/mol. The Morgan fingerprint density at radius 3 is 2.32 bits per heavy atom. The summed E-state index contributed by atoms with van der Waals surface area (Å²) in [5.41, 5.74) is 1.06. The van der Waals surface area contributed by atoms with Gasteiger partial charge in [0.15, 0.2) is 0 Å². The molecule has 1 aliphatic carbocycles. The Morgan fingerprint density at radius 1 is 1.14 bits per heavy atom. The van der Waals surface area contributed by atoms with Gasteiger partial charge in [-0.1, -0.05) is 28.8 Å². The summed E-state index contributed by atoms with van der Waals surface area (Å²) in [6.45, 7) is 3.03. The Hall–Kier alpha value is -1.63. The van der Waals surface area contributed by atoms with Crippen molar-refractivity contribution in [2.45, 2.75) is 38.3 Å². The topological polar surface area (TPSA) is 61.4 Å². The SMILES string of the molecule is CC(NC(=O)CN1CCC(F)(CNC(=O)c2cc(Cl)cc(Cl)c2)CC1)=C1CC1. The number of rotatable bonds is 6. The second-order valence-electron chi connectivity index (χ2n) is 7.54. The van der Waals surface area contributed by atoms with E-state index in [9.17, 15) is 9.59 Å². The largest absolute Gasteiger partial charge is 0.349 e. The molecule has 0 aromatic heterocycles. The van der Waals surface area contributed by atoms with Crippen LogP contribution in [0.3, 0.4) is 0 Å². The van der Waals surface area contributed by atoms with E-state index in [4.69, 9.17) is 23.2 Å². The summed E-state index contributed by atoms with van der Waals surface area (Å²) in [6.07, 6.45) is 2.65. The molecule has 28 heavy (non-hydrogen) atoms. The number of amides is 2. The van der Waals surface area contributed by atoms with E-state index >= 15 is 4.39 Å². The zero-order valence-corrected chi connectivity index (χ0v) is 17.3. The number of nitrogens with one attached hydrogen (secondary N) is 2. The molecule has 8 heteroatoms. The number of likely N-dealkylation sites (tertiary alicyclic amines) is 1. The summed E-state index contributed by atoms with van der Waals surface area (Å²) < 4.78 is 15.0. The number of hydrogen-bond donors (Lipinski definition) is 2. The van der Waals surface area contributed by atoms with Gasteiger partial charge < -0.3 is 10.6 Å². The first kappa shape index (κ1) is 21.1. The van der Waals surface area contributed by atoms with Crippen molar-refractivity contribution >= 4 is 35.0 Å². The van der Waals surface area contributed by atoms with E-state index in [2.05, 4.69) is 10.6 Å². The van der Waals surface area contributed by atoms with Gasteiger partial charge in [-0.05, 0) is 50.8 Å². The highest BCUT2D eigenvalue weighted by Crippen LogP contribution is 2.30. The number of halogens is 3. The summed E-state index contributed by atoms with van der Waals surface area (Å²) in [7, 11) is 0. The van der Waals surface area contributed by atoms with Crippen molar-refractivity contribution in [2.75, 3.05) is 26.2 Å². The van der Waals surface area contributed by atoms with Crippen LogP contribution in [-0.2, 0) is 4.79 Å². The Bertz CT molecular complexity index is 778. The first-order chi connectivity index (χ1) is 13.2. The normalized spacial score (nSPS) is 18.5. The first-order valence-corrected chi connectivity index (χ1v) is 10.1. The Balaban J connectivity index is 1.44. The molecule has 1 saturated heterocycles. The monoisotopic (exact) mass is 427 g/mol. The molecule has 1 aliphatic heterocycles. The van der Waals surface area contributed by atoms with Gasteiger partial charge in [0.25, 0.3) is 5.91 Å². The number of carbonyl (C=O) groups excluding carboxylic acids is 2. The molecule has 0 bridgehead atoms. The minimum absolute atomic E-state index is 0.0607. The number of alkyl halides is 1. The van der Waals surface area contributed by atoms with E-state index in [0.29, 0.717) is 28.7 Å². The molecule has 0 unspecified atom stereocenters. The minimum Gasteiger partial charge on any atom is -0.349 e. The molecule has 1 saturated carbocycles. The van der Waals surface area contributed by atoms with E-state index in [-0.39, 0.29) is 31.8 Å². The van der Waals surface area contributed by atoms with Gasteiger partial charge >= 0.3 is 0 Å². The Morgan fingerprint density at radius 2 is 1.75 bits per heavy atom. The third kappa shape index (κ3) is 5.93. The van der Waals surface area contributed by atoms with E-state index < -0.39 is 11.6 Å². The van der Waals surface area contributed by atoms with Crippen LogP contribution in [0.25, 0.3) is 0 Å². The second-order valence-corrected chi connectivity index (χ2v) is 8.42. The van der Waals surface area contributed by atoms with Gasteiger partial charge in [0.1, 0.15) is 5.67 Å². The molecule has 2 aliphatic rings. The molecule has 1 aromatic rings. The van der Waals surface area contributed by atoms with Crippen LogP contribution in [0.4, 0.5) is 4.39 Å². The highest BCUT2D eigenvalue weighted by molar-refractivity contribution is 6.35. The van der Waals surface area contributed by atoms with Gasteiger partial charge in [-0.3, -0.25) is 14.5 Å². The Labute approximate surface area is 174 Å². The summed E-state index contributed by atoms with van der Waals surface area (Å²) in [6, 6.07) is 4.52. The second kappa shape index (κ2) is 8.80. The van der Waals surface area contributed by atoms with Crippen LogP contribution in [0.1, 0.15) is 43.0 Å². The van der Waals surface area contributed by atoms with Gasteiger partial charge in [-0.2, -0.15) is 0 Å². The molecule has 0 spiro atoms. The highest BCUT2D eigenvalue weighted by atomic mass is 35.5. The van der Waals surface area contributed by atoms with Crippen molar-refractivity contribution in [1.82, 2.24) is 15.5 Å². The molecule has 152 valence electrons. The van der Waals surface area contributed by atoms with Crippen LogP contribution in [0.15, 0.2) is 29.5 Å². The third-order valence-electron chi connectivity index (χ3n) is 5.17. The summed E-state index contributed by atoms with van der Waals surface area (Å²) >= 11 is 11.8. The van der Waals surface area contributed by atoms with E-state index in [0.717, 1.165) is 18.5 Å². The van der Waals surface area contributed by atoms with Crippen molar-refractivity contribution in [3.8, 4) is 0 Å². The van der Waals surface area contributed by atoms with Crippen LogP contribution >= 0.6 is 23.2 Å². The molecule has 1 heterocycles. The lowest BCUT2D eigenvalue weighted by atomic mass is 9.93. The third-order valence-corrected chi connectivity index (χ3v) is 5.60. The average Bonchev–Trinajstić information content (AvgIpc) is 3.46. The predicted molar refractivity (Wildman–Crippen MR) is 108 cm³/mol.